The lowest BCUT2D eigenvalue weighted by atomic mass is 10.3. The number of anilines is 2. The molecule has 100 valence electrons. The quantitative estimate of drug-likeness (QED) is 0.649. The van der Waals surface area contributed by atoms with E-state index in [1.807, 2.05) is 13.2 Å². The van der Waals surface area contributed by atoms with Crippen molar-refractivity contribution in [2.24, 2.45) is 7.05 Å². The Kier molecular flexibility index (Phi) is 3.32. The van der Waals surface area contributed by atoms with Gasteiger partial charge in [-0.3, -0.25) is 14.8 Å². The van der Waals surface area contributed by atoms with E-state index in [0.717, 1.165) is 5.56 Å². The molecule has 2 rings (SSSR count). The van der Waals surface area contributed by atoms with Crippen LogP contribution < -0.4 is 10.6 Å². The minimum Gasteiger partial charge on any atom is -0.383 e. The van der Waals surface area contributed by atoms with Gasteiger partial charge in [0.1, 0.15) is 11.6 Å². The van der Waals surface area contributed by atoms with Crippen LogP contribution in [-0.2, 0) is 13.6 Å². The van der Waals surface area contributed by atoms with E-state index in [1.54, 1.807) is 22.8 Å². The average molecular weight is 262 g/mol. The second-order valence-corrected chi connectivity index (χ2v) is 4.24. The molecule has 2 aromatic rings. The van der Waals surface area contributed by atoms with Crippen molar-refractivity contribution < 1.29 is 4.92 Å². The molecule has 0 saturated heterocycles. The number of rotatable bonds is 4. The number of aryl methyl sites for hydroxylation is 1. The highest BCUT2D eigenvalue weighted by atomic mass is 16.6. The topological polar surface area (TPSA) is 103 Å². The van der Waals surface area contributed by atoms with E-state index in [1.165, 1.54) is 12.1 Å². The fourth-order valence-corrected chi connectivity index (χ4v) is 1.73. The summed E-state index contributed by atoms with van der Waals surface area (Å²) in [5, 5.41) is 14.8. The van der Waals surface area contributed by atoms with Crippen molar-refractivity contribution >= 4 is 17.3 Å². The Morgan fingerprint density at radius 3 is 2.84 bits per heavy atom. The van der Waals surface area contributed by atoms with E-state index >= 15 is 0 Å². The second kappa shape index (κ2) is 4.92. The van der Waals surface area contributed by atoms with Gasteiger partial charge in [0.15, 0.2) is 0 Å². The molecule has 0 spiro atoms. The number of hydrogen-bond acceptors (Lipinski definition) is 6. The lowest BCUT2D eigenvalue weighted by Crippen LogP contribution is -2.18. The summed E-state index contributed by atoms with van der Waals surface area (Å²) in [4.78, 5) is 16.2. The predicted molar refractivity (Wildman–Crippen MR) is 70.6 cm³/mol. The Hall–Kier alpha value is -2.64. The van der Waals surface area contributed by atoms with Crippen molar-refractivity contribution in [1.82, 2.24) is 14.8 Å². The monoisotopic (exact) mass is 262 g/mol. The first kappa shape index (κ1) is 12.8. The molecule has 0 aromatic carbocycles. The number of aromatic nitrogens is 3. The third-order valence-electron chi connectivity index (χ3n) is 2.60. The smallest absolute Gasteiger partial charge is 0.276 e. The van der Waals surface area contributed by atoms with Crippen LogP contribution in [0.5, 0.6) is 0 Å². The van der Waals surface area contributed by atoms with E-state index in [4.69, 9.17) is 5.73 Å². The zero-order chi connectivity index (χ0) is 14.0. The van der Waals surface area contributed by atoms with Gasteiger partial charge in [-0.15, -0.1) is 0 Å². The lowest BCUT2D eigenvalue weighted by Gasteiger charge is -2.17. The molecule has 0 fully saturated rings. The summed E-state index contributed by atoms with van der Waals surface area (Å²) in [6.07, 6.45) is 3.61. The van der Waals surface area contributed by atoms with E-state index in [-0.39, 0.29) is 11.5 Å². The standard InChI is InChI=1S/C11H14N6O2/c1-15(6-8-5-13-16(2)7-8)11-4-9(17(18)19)3-10(12)14-11/h3-5,7H,6H2,1-2H3,(H2,12,14). The maximum atomic E-state index is 10.8. The van der Waals surface area contributed by atoms with Crippen molar-refractivity contribution in [3.8, 4) is 0 Å². The Bertz CT molecular complexity index is 609. The number of nitro groups is 1. The fraction of sp³-hybridized carbons (Fsp3) is 0.273. The van der Waals surface area contributed by atoms with Gasteiger partial charge in [0, 0.05) is 32.4 Å². The largest absolute Gasteiger partial charge is 0.383 e. The van der Waals surface area contributed by atoms with Gasteiger partial charge in [0.25, 0.3) is 5.69 Å². The summed E-state index contributed by atoms with van der Waals surface area (Å²) >= 11 is 0. The van der Waals surface area contributed by atoms with Gasteiger partial charge in [-0.25, -0.2) is 4.98 Å². The number of nitrogens with two attached hydrogens (primary N) is 1. The van der Waals surface area contributed by atoms with Crippen LogP contribution in [0.2, 0.25) is 0 Å². The third-order valence-corrected chi connectivity index (χ3v) is 2.60. The van der Waals surface area contributed by atoms with E-state index in [0.29, 0.717) is 12.4 Å². The number of nitrogen functional groups attached to an aromatic ring is 1. The molecule has 2 aromatic heterocycles. The van der Waals surface area contributed by atoms with Gasteiger partial charge in [0.05, 0.1) is 23.3 Å². The van der Waals surface area contributed by atoms with E-state index in [2.05, 4.69) is 10.1 Å². The molecule has 8 nitrogen and oxygen atoms in total. The molecule has 0 saturated carbocycles. The van der Waals surface area contributed by atoms with Crippen LogP contribution in [0.4, 0.5) is 17.3 Å². The molecule has 0 atom stereocenters. The van der Waals surface area contributed by atoms with Gasteiger partial charge >= 0.3 is 0 Å². The van der Waals surface area contributed by atoms with Crippen LogP contribution in [0.3, 0.4) is 0 Å². The van der Waals surface area contributed by atoms with Gasteiger partial charge < -0.3 is 10.6 Å². The number of nitrogens with zero attached hydrogens (tertiary/aromatic N) is 5. The van der Waals surface area contributed by atoms with Gasteiger partial charge in [0.2, 0.25) is 0 Å². The summed E-state index contributed by atoms with van der Waals surface area (Å²) in [6, 6.07) is 2.63. The van der Waals surface area contributed by atoms with Crippen LogP contribution in [0, 0.1) is 10.1 Å². The highest BCUT2D eigenvalue weighted by molar-refractivity contribution is 5.53. The molecule has 2 N–H and O–H groups in total. The van der Waals surface area contributed by atoms with Gasteiger partial charge in [-0.05, 0) is 0 Å². The zero-order valence-corrected chi connectivity index (χ0v) is 10.6. The highest BCUT2D eigenvalue weighted by Crippen LogP contribution is 2.22. The predicted octanol–water partition coefficient (Wildman–Crippen LogP) is 0.942. The van der Waals surface area contributed by atoms with Gasteiger partial charge in [-0.1, -0.05) is 0 Å². The molecule has 8 heteroatoms. The molecule has 2 heterocycles. The molecule has 0 radical (unpaired) electrons. The molecule has 0 aliphatic heterocycles. The van der Waals surface area contributed by atoms with Crippen molar-refractivity contribution in [3.63, 3.8) is 0 Å². The summed E-state index contributed by atoms with van der Waals surface area (Å²) in [5.74, 6) is 0.581. The van der Waals surface area contributed by atoms with Crippen molar-refractivity contribution in [3.05, 3.63) is 40.2 Å². The Balaban J connectivity index is 2.23. The molecule has 0 aliphatic rings. The van der Waals surface area contributed by atoms with E-state index in [9.17, 15) is 10.1 Å². The summed E-state index contributed by atoms with van der Waals surface area (Å²) in [7, 11) is 3.62. The summed E-state index contributed by atoms with van der Waals surface area (Å²) < 4.78 is 1.69. The maximum absolute atomic E-state index is 10.8. The van der Waals surface area contributed by atoms with Crippen molar-refractivity contribution in [2.45, 2.75) is 6.54 Å². The first-order valence-electron chi connectivity index (χ1n) is 5.56. The average Bonchev–Trinajstić information content (AvgIpc) is 2.73. The first-order chi connectivity index (χ1) is 8.95. The van der Waals surface area contributed by atoms with Crippen LogP contribution in [0.15, 0.2) is 24.5 Å². The molecular weight excluding hydrogens is 248 g/mol. The maximum Gasteiger partial charge on any atom is 0.276 e. The molecular formula is C11H14N6O2. The molecule has 19 heavy (non-hydrogen) atoms. The van der Waals surface area contributed by atoms with Crippen LogP contribution in [0.25, 0.3) is 0 Å². The Morgan fingerprint density at radius 2 is 2.26 bits per heavy atom. The molecule has 0 bridgehead atoms. The summed E-state index contributed by atoms with van der Waals surface area (Å²) in [5.41, 5.74) is 6.49. The van der Waals surface area contributed by atoms with Crippen LogP contribution >= 0.6 is 0 Å². The van der Waals surface area contributed by atoms with Gasteiger partial charge in [-0.2, -0.15) is 5.10 Å². The SMILES string of the molecule is CN(Cc1cnn(C)c1)c1cc([N+](=O)[O-])cc(N)n1. The van der Waals surface area contributed by atoms with Crippen molar-refractivity contribution in [2.75, 3.05) is 17.7 Å². The zero-order valence-electron chi connectivity index (χ0n) is 10.6. The highest BCUT2D eigenvalue weighted by Gasteiger charge is 2.13. The Morgan fingerprint density at radius 1 is 1.53 bits per heavy atom. The minimum absolute atomic E-state index is 0.0689. The summed E-state index contributed by atoms with van der Waals surface area (Å²) in [6.45, 7) is 0.543. The van der Waals surface area contributed by atoms with Crippen molar-refractivity contribution in [1.29, 1.82) is 0 Å². The molecule has 0 unspecified atom stereocenters. The van der Waals surface area contributed by atoms with Crippen LogP contribution in [0.1, 0.15) is 5.56 Å². The first-order valence-corrected chi connectivity index (χ1v) is 5.56. The lowest BCUT2D eigenvalue weighted by molar-refractivity contribution is -0.384. The number of hydrogen-bond donors (Lipinski definition) is 1. The molecule has 0 amide bonds. The van der Waals surface area contributed by atoms with E-state index < -0.39 is 4.92 Å². The van der Waals surface area contributed by atoms with Crippen LogP contribution in [-0.4, -0.2) is 26.7 Å². The Labute approximate surface area is 109 Å². The third kappa shape index (κ3) is 2.97. The molecule has 0 aliphatic carbocycles. The minimum atomic E-state index is -0.487. The fourth-order valence-electron chi connectivity index (χ4n) is 1.73. The second-order valence-electron chi connectivity index (χ2n) is 4.24. The normalized spacial score (nSPS) is 10.4. The number of pyridine rings is 1.